The predicted molar refractivity (Wildman–Crippen MR) is 81.4 cm³/mol. The zero-order chi connectivity index (χ0) is 13.9. The van der Waals surface area contributed by atoms with Crippen LogP contribution in [0.2, 0.25) is 0 Å². The number of hydrogen-bond acceptors (Lipinski definition) is 2. The molecule has 2 aromatic carbocycles. The van der Waals surface area contributed by atoms with Crippen molar-refractivity contribution in [1.82, 2.24) is 0 Å². The fourth-order valence-electron chi connectivity index (χ4n) is 2.58. The van der Waals surface area contributed by atoms with Gasteiger partial charge in [-0.05, 0) is 60.2 Å². The van der Waals surface area contributed by atoms with Gasteiger partial charge in [-0.2, -0.15) is 0 Å². The molecule has 1 N–H and O–H groups in total. The Bertz CT molecular complexity index is 632. The molecule has 3 heteroatoms. The van der Waals surface area contributed by atoms with Gasteiger partial charge in [0.1, 0.15) is 0 Å². The van der Waals surface area contributed by atoms with Gasteiger partial charge >= 0.3 is 5.97 Å². The van der Waals surface area contributed by atoms with E-state index in [4.69, 9.17) is 5.11 Å². The molecule has 0 atom stereocenters. The lowest BCUT2D eigenvalue weighted by Crippen LogP contribution is -1.94. The molecular weight excluding hydrogens is 268 g/mol. The fourth-order valence-corrected chi connectivity index (χ4v) is 3.42. The molecule has 0 bridgehead atoms. The Balaban J connectivity index is 1.65. The Morgan fingerprint density at radius 3 is 2.55 bits per heavy atom. The number of carbonyl (C=O) groups is 1. The van der Waals surface area contributed by atoms with Gasteiger partial charge in [0.05, 0.1) is 5.56 Å². The molecular formula is C17H16O2S. The van der Waals surface area contributed by atoms with Crippen LogP contribution in [0.25, 0.3) is 0 Å². The van der Waals surface area contributed by atoms with E-state index in [2.05, 4.69) is 18.2 Å². The summed E-state index contributed by atoms with van der Waals surface area (Å²) >= 11 is 1.75. The van der Waals surface area contributed by atoms with Crippen LogP contribution >= 0.6 is 11.8 Å². The van der Waals surface area contributed by atoms with Crippen LogP contribution in [0.1, 0.15) is 33.5 Å². The van der Waals surface area contributed by atoms with Gasteiger partial charge in [0.15, 0.2) is 0 Å². The van der Waals surface area contributed by atoms with E-state index in [1.165, 1.54) is 36.0 Å². The van der Waals surface area contributed by atoms with Gasteiger partial charge in [0, 0.05) is 10.6 Å². The van der Waals surface area contributed by atoms with E-state index < -0.39 is 5.97 Å². The monoisotopic (exact) mass is 284 g/mol. The molecule has 0 radical (unpaired) electrons. The summed E-state index contributed by atoms with van der Waals surface area (Å²) in [7, 11) is 0. The summed E-state index contributed by atoms with van der Waals surface area (Å²) in [5.74, 6) is 0.0554. The summed E-state index contributed by atoms with van der Waals surface area (Å²) < 4.78 is 0. The number of fused-ring (bicyclic) bond motifs is 1. The van der Waals surface area contributed by atoms with Crippen LogP contribution in [0.15, 0.2) is 47.4 Å². The molecule has 2 aromatic rings. The smallest absolute Gasteiger partial charge is 0.335 e. The van der Waals surface area contributed by atoms with Crippen molar-refractivity contribution in [3.63, 3.8) is 0 Å². The molecule has 102 valence electrons. The van der Waals surface area contributed by atoms with Crippen LogP contribution in [0, 0.1) is 0 Å². The van der Waals surface area contributed by atoms with Crippen molar-refractivity contribution in [2.24, 2.45) is 0 Å². The van der Waals surface area contributed by atoms with Gasteiger partial charge < -0.3 is 5.11 Å². The van der Waals surface area contributed by atoms with Gasteiger partial charge in [-0.15, -0.1) is 11.8 Å². The third-order valence-electron chi connectivity index (χ3n) is 3.67. The number of aryl methyl sites for hydroxylation is 2. The first-order valence-corrected chi connectivity index (χ1v) is 7.78. The Morgan fingerprint density at radius 1 is 1.05 bits per heavy atom. The molecule has 3 rings (SSSR count). The first-order chi connectivity index (χ1) is 9.72. The van der Waals surface area contributed by atoms with Gasteiger partial charge in [-0.1, -0.05) is 18.2 Å². The largest absolute Gasteiger partial charge is 0.478 e. The van der Waals surface area contributed by atoms with Crippen molar-refractivity contribution in [3.05, 3.63) is 64.7 Å². The molecule has 0 saturated carbocycles. The van der Waals surface area contributed by atoms with Crippen molar-refractivity contribution in [2.45, 2.75) is 29.9 Å². The molecule has 0 spiro atoms. The molecule has 2 nitrogen and oxygen atoms in total. The van der Waals surface area contributed by atoms with E-state index in [-0.39, 0.29) is 0 Å². The molecule has 0 saturated heterocycles. The number of carboxylic acids is 1. The summed E-state index contributed by atoms with van der Waals surface area (Å²) in [6.45, 7) is 0. The van der Waals surface area contributed by atoms with Crippen LogP contribution in [0.4, 0.5) is 0 Å². The van der Waals surface area contributed by atoms with Crippen molar-refractivity contribution < 1.29 is 9.90 Å². The molecule has 0 fully saturated rings. The second-order valence-corrected chi connectivity index (χ2v) is 6.12. The summed E-state index contributed by atoms with van der Waals surface area (Å²) in [6.07, 6.45) is 3.71. The number of hydrogen-bond donors (Lipinski definition) is 1. The second kappa shape index (κ2) is 5.71. The van der Waals surface area contributed by atoms with Gasteiger partial charge in [-0.3, -0.25) is 0 Å². The highest BCUT2D eigenvalue weighted by Gasteiger charge is 2.10. The Kier molecular flexibility index (Phi) is 3.79. The topological polar surface area (TPSA) is 37.3 Å². The Hall–Kier alpha value is -1.74. The number of rotatable bonds is 4. The summed E-state index contributed by atoms with van der Waals surface area (Å²) in [5, 5.41) is 8.87. The van der Waals surface area contributed by atoms with Crippen LogP contribution in [0.5, 0.6) is 0 Å². The van der Waals surface area contributed by atoms with Crippen LogP contribution < -0.4 is 0 Å². The van der Waals surface area contributed by atoms with Crippen LogP contribution in [-0.4, -0.2) is 11.1 Å². The van der Waals surface area contributed by atoms with Crippen molar-refractivity contribution in [3.8, 4) is 0 Å². The average molecular weight is 284 g/mol. The quantitative estimate of drug-likeness (QED) is 0.856. The van der Waals surface area contributed by atoms with Crippen molar-refractivity contribution >= 4 is 17.7 Å². The molecule has 0 aromatic heterocycles. The van der Waals surface area contributed by atoms with Gasteiger partial charge in [0.2, 0.25) is 0 Å². The molecule has 1 aliphatic rings. The lowest BCUT2D eigenvalue weighted by Gasteiger charge is -2.05. The van der Waals surface area contributed by atoms with E-state index in [0.717, 1.165) is 10.6 Å². The van der Waals surface area contributed by atoms with Crippen molar-refractivity contribution in [1.29, 1.82) is 0 Å². The normalized spacial score (nSPS) is 13.2. The summed E-state index contributed by atoms with van der Waals surface area (Å²) in [4.78, 5) is 11.9. The first-order valence-electron chi connectivity index (χ1n) is 6.79. The lowest BCUT2D eigenvalue weighted by molar-refractivity contribution is 0.0697. The third kappa shape index (κ3) is 2.88. The minimum Gasteiger partial charge on any atom is -0.478 e. The molecule has 1 aliphatic carbocycles. The summed E-state index contributed by atoms with van der Waals surface area (Å²) in [5.41, 5.74) is 4.69. The van der Waals surface area contributed by atoms with E-state index >= 15 is 0 Å². The lowest BCUT2D eigenvalue weighted by atomic mass is 10.1. The van der Waals surface area contributed by atoms with Gasteiger partial charge in [0.25, 0.3) is 0 Å². The maximum Gasteiger partial charge on any atom is 0.335 e. The predicted octanol–water partition coefficient (Wildman–Crippen LogP) is 4.17. The summed E-state index contributed by atoms with van der Waals surface area (Å²) in [6, 6.07) is 13.9. The average Bonchev–Trinajstić information content (AvgIpc) is 2.93. The first kappa shape index (κ1) is 13.3. The van der Waals surface area contributed by atoms with Crippen molar-refractivity contribution in [2.75, 3.05) is 0 Å². The Morgan fingerprint density at radius 2 is 1.80 bits per heavy atom. The highest BCUT2D eigenvalue weighted by Crippen LogP contribution is 2.27. The third-order valence-corrected chi connectivity index (χ3v) is 4.75. The Labute approximate surface area is 122 Å². The van der Waals surface area contributed by atoms with E-state index in [1.807, 2.05) is 12.1 Å². The van der Waals surface area contributed by atoms with Crippen LogP contribution in [0.3, 0.4) is 0 Å². The molecule has 0 unspecified atom stereocenters. The van der Waals surface area contributed by atoms with E-state index in [1.54, 1.807) is 23.9 Å². The highest BCUT2D eigenvalue weighted by molar-refractivity contribution is 7.98. The molecule has 0 heterocycles. The molecule has 0 amide bonds. The zero-order valence-corrected chi connectivity index (χ0v) is 12.0. The van der Waals surface area contributed by atoms with E-state index in [9.17, 15) is 4.79 Å². The fraction of sp³-hybridized carbons (Fsp3) is 0.235. The maximum atomic E-state index is 10.8. The SMILES string of the molecule is O=C(O)c1ccc(SCc2ccc3c(c2)CCC3)cc1. The number of carboxylic acid groups (broad SMARTS) is 1. The highest BCUT2D eigenvalue weighted by atomic mass is 32.2. The number of thioether (sulfide) groups is 1. The second-order valence-electron chi connectivity index (χ2n) is 5.07. The standard InChI is InChI=1S/C17H16O2S/c18-17(19)14-6-8-16(9-7-14)20-11-12-4-5-13-2-1-3-15(13)10-12/h4-10H,1-3,11H2,(H,18,19). The molecule has 0 aliphatic heterocycles. The molecule has 20 heavy (non-hydrogen) atoms. The van der Waals surface area contributed by atoms with E-state index in [0.29, 0.717) is 5.56 Å². The maximum absolute atomic E-state index is 10.8. The number of aromatic carboxylic acids is 1. The van der Waals surface area contributed by atoms with Gasteiger partial charge in [-0.25, -0.2) is 4.79 Å². The van der Waals surface area contributed by atoms with Crippen LogP contribution in [-0.2, 0) is 18.6 Å². The zero-order valence-electron chi connectivity index (χ0n) is 11.1. The minimum absolute atomic E-state index is 0.340. The minimum atomic E-state index is -0.875. The number of benzene rings is 2.